The summed E-state index contributed by atoms with van der Waals surface area (Å²) in [6.07, 6.45) is 2.82. The summed E-state index contributed by atoms with van der Waals surface area (Å²) < 4.78 is 5.54. The standard InChI is InChI=1S/C15H22N2O2/c1-12-5-7-17(8-6-12)10-14(18)11-19-15-4-2-3-13(16)9-15/h2-5,9,14,18H,6-8,10-11,16H2,1H3. The zero-order valence-electron chi connectivity index (χ0n) is 11.4. The third kappa shape index (κ3) is 4.58. The monoisotopic (exact) mass is 262 g/mol. The van der Waals surface area contributed by atoms with Gasteiger partial charge in [-0.25, -0.2) is 0 Å². The smallest absolute Gasteiger partial charge is 0.121 e. The van der Waals surface area contributed by atoms with E-state index in [2.05, 4.69) is 17.9 Å². The van der Waals surface area contributed by atoms with Crippen LogP contribution in [0.4, 0.5) is 5.69 Å². The van der Waals surface area contributed by atoms with Crippen molar-refractivity contribution in [2.75, 3.05) is 32.0 Å². The second-order valence-corrected chi connectivity index (χ2v) is 5.10. The number of hydrogen-bond acceptors (Lipinski definition) is 4. The average Bonchev–Trinajstić information content (AvgIpc) is 2.39. The van der Waals surface area contributed by atoms with Crippen LogP contribution in [0.5, 0.6) is 5.75 Å². The average molecular weight is 262 g/mol. The number of anilines is 1. The number of nitrogens with two attached hydrogens (primary N) is 1. The maximum Gasteiger partial charge on any atom is 0.121 e. The van der Waals surface area contributed by atoms with Crippen LogP contribution in [0.2, 0.25) is 0 Å². The Morgan fingerprint density at radius 3 is 3.00 bits per heavy atom. The molecule has 0 fully saturated rings. The van der Waals surface area contributed by atoms with Crippen molar-refractivity contribution < 1.29 is 9.84 Å². The molecule has 2 rings (SSSR count). The molecule has 1 aromatic carbocycles. The summed E-state index contributed by atoms with van der Waals surface area (Å²) in [6.45, 7) is 5.02. The van der Waals surface area contributed by atoms with E-state index in [1.54, 1.807) is 6.07 Å². The van der Waals surface area contributed by atoms with Crippen molar-refractivity contribution >= 4 is 5.69 Å². The number of nitrogens with zero attached hydrogens (tertiary/aromatic N) is 1. The Balaban J connectivity index is 1.74. The summed E-state index contributed by atoms with van der Waals surface area (Å²) >= 11 is 0. The minimum absolute atomic E-state index is 0.294. The third-order valence-corrected chi connectivity index (χ3v) is 3.29. The number of benzene rings is 1. The SMILES string of the molecule is CC1=CCN(CC(O)COc2cccc(N)c2)CC1. The molecule has 104 valence electrons. The van der Waals surface area contributed by atoms with Gasteiger partial charge in [0.25, 0.3) is 0 Å². The summed E-state index contributed by atoms with van der Waals surface area (Å²) in [6, 6.07) is 7.26. The zero-order chi connectivity index (χ0) is 13.7. The predicted molar refractivity (Wildman–Crippen MR) is 77.2 cm³/mol. The van der Waals surface area contributed by atoms with Crippen LogP contribution < -0.4 is 10.5 Å². The summed E-state index contributed by atoms with van der Waals surface area (Å²) in [5, 5.41) is 9.98. The Morgan fingerprint density at radius 2 is 2.32 bits per heavy atom. The van der Waals surface area contributed by atoms with Gasteiger partial charge >= 0.3 is 0 Å². The van der Waals surface area contributed by atoms with E-state index in [9.17, 15) is 5.11 Å². The van der Waals surface area contributed by atoms with E-state index in [1.807, 2.05) is 18.2 Å². The van der Waals surface area contributed by atoms with Crippen LogP contribution in [0.1, 0.15) is 13.3 Å². The lowest BCUT2D eigenvalue weighted by Gasteiger charge is -2.27. The number of aliphatic hydroxyl groups is 1. The second kappa shape index (κ2) is 6.59. The Labute approximate surface area is 114 Å². The lowest BCUT2D eigenvalue weighted by atomic mass is 10.1. The van der Waals surface area contributed by atoms with Crippen molar-refractivity contribution in [2.45, 2.75) is 19.4 Å². The van der Waals surface area contributed by atoms with E-state index in [4.69, 9.17) is 10.5 Å². The molecule has 0 radical (unpaired) electrons. The van der Waals surface area contributed by atoms with Crippen LogP contribution >= 0.6 is 0 Å². The molecule has 19 heavy (non-hydrogen) atoms. The van der Waals surface area contributed by atoms with Crippen molar-refractivity contribution in [2.24, 2.45) is 0 Å². The molecule has 1 aliphatic rings. The van der Waals surface area contributed by atoms with E-state index < -0.39 is 6.10 Å². The Hall–Kier alpha value is -1.52. The van der Waals surface area contributed by atoms with Gasteiger partial charge in [-0.05, 0) is 25.5 Å². The minimum Gasteiger partial charge on any atom is -0.491 e. The molecule has 0 amide bonds. The molecule has 4 heteroatoms. The van der Waals surface area contributed by atoms with Crippen LogP contribution in [0.25, 0.3) is 0 Å². The molecule has 1 heterocycles. The first-order chi connectivity index (χ1) is 9.13. The van der Waals surface area contributed by atoms with E-state index in [0.717, 1.165) is 19.5 Å². The largest absolute Gasteiger partial charge is 0.491 e. The van der Waals surface area contributed by atoms with E-state index >= 15 is 0 Å². The van der Waals surface area contributed by atoms with E-state index in [0.29, 0.717) is 24.6 Å². The highest BCUT2D eigenvalue weighted by Crippen LogP contribution is 2.15. The van der Waals surface area contributed by atoms with Gasteiger partial charge in [0, 0.05) is 31.4 Å². The molecule has 1 aromatic rings. The van der Waals surface area contributed by atoms with Crippen molar-refractivity contribution in [3.63, 3.8) is 0 Å². The Kier molecular flexibility index (Phi) is 4.82. The lowest BCUT2D eigenvalue weighted by Crippen LogP contribution is -2.38. The molecule has 0 spiro atoms. The first kappa shape index (κ1) is 13.9. The molecule has 0 bridgehead atoms. The van der Waals surface area contributed by atoms with Gasteiger partial charge < -0.3 is 15.6 Å². The molecule has 1 atom stereocenters. The van der Waals surface area contributed by atoms with Gasteiger partial charge in [-0.1, -0.05) is 17.7 Å². The molecule has 0 aliphatic carbocycles. The molecule has 3 N–H and O–H groups in total. The second-order valence-electron chi connectivity index (χ2n) is 5.10. The molecule has 0 saturated carbocycles. The van der Waals surface area contributed by atoms with Gasteiger partial charge in [0.1, 0.15) is 18.5 Å². The Morgan fingerprint density at radius 1 is 1.47 bits per heavy atom. The van der Waals surface area contributed by atoms with Gasteiger partial charge in [0.05, 0.1) is 0 Å². The molecule has 0 aromatic heterocycles. The van der Waals surface area contributed by atoms with Crippen LogP contribution in [0.15, 0.2) is 35.9 Å². The number of aliphatic hydroxyl groups excluding tert-OH is 1. The van der Waals surface area contributed by atoms with Crippen LogP contribution in [-0.4, -0.2) is 42.4 Å². The number of ether oxygens (including phenoxy) is 1. The fourth-order valence-electron chi connectivity index (χ4n) is 2.13. The predicted octanol–water partition coefficient (Wildman–Crippen LogP) is 1.66. The van der Waals surface area contributed by atoms with Gasteiger partial charge in [-0.15, -0.1) is 0 Å². The van der Waals surface area contributed by atoms with Crippen LogP contribution in [0.3, 0.4) is 0 Å². The van der Waals surface area contributed by atoms with Gasteiger partial charge in [0.2, 0.25) is 0 Å². The molecular weight excluding hydrogens is 240 g/mol. The van der Waals surface area contributed by atoms with Gasteiger partial charge in [-0.3, -0.25) is 4.90 Å². The van der Waals surface area contributed by atoms with Gasteiger partial charge in [0.15, 0.2) is 0 Å². The topological polar surface area (TPSA) is 58.7 Å². The fourth-order valence-corrected chi connectivity index (χ4v) is 2.13. The highest BCUT2D eigenvalue weighted by Gasteiger charge is 2.14. The summed E-state index contributed by atoms with van der Waals surface area (Å²) in [5.41, 5.74) is 7.77. The summed E-state index contributed by atoms with van der Waals surface area (Å²) in [7, 11) is 0. The summed E-state index contributed by atoms with van der Waals surface area (Å²) in [4.78, 5) is 2.24. The Bertz CT molecular complexity index is 446. The normalized spacial score (nSPS) is 17.9. The quantitative estimate of drug-likeness (QED) is 0.626. The number of β-amino-alcohol motifs (C(OH)–C–C–N with tert-alkyl or cyclic N) is 1. The number of rotatable bonds is 5. The molecule has 1 aliphatic heterocycles. The fraction of sp³-hybridized carbons (Fsp3) is 0.467. The molecule has 1 unspecified atom stereocenters. The van der Waals surface area contributed by atoms with Gasteiger partial charge in [-0.2, -0.15) is 0 Å². The molecule has 0 saturated heterocycles. The minimum atomic E-state index is -0.478. The maximum atomic E-state index is 9.98. The first-order valence-corrected chi connectivity index (χ1v) is 6.68. The zero-order valence-corrected chi connectivity index (χ0v) is 11.4. The highest BCUT2D eigenvalue weighted by molar-refractivity contribution is 5.43. The molecule has 4 nitrogen and oxygen atoms in total. The highest BCUT2D eigenvalue weighted by atomic mass is 16.5. The number of hydrogen-bond donors (Lipinski definition) is 2. The summed E-state index contributed by atoms with van der Waals surface area (Å²) in [5.74, 6) is 0.702. The van der Waals surface area contributed by atoms with Crippen LogP contribution in [0, 0.1) is 0 Å². The van der Waals surface area contributed by atoms with E-state index in [-0.39, 0.29) is 0 Å². The lowest BCUT2D eigenvalue weighted by molar-refractivity contribution is 0.0709. The van der Waals surface area contributed by atoms with Crippen LogP contribution in [-0.2, 0) is 0 Å². The van der Waals surface area contributed by atoms with E-state index in [1.165, 1.54) is 5.57 Å². The third-order valence-electron chi connectivity index (χ3n) is 3.29. The van der Waals surface area contributed by atoms with Crippen molar-refractivity contribution in [3.05, 3.63) is 35.9 Å². The maximum absolute atomic E-state index is 9.98. The van der Waals surface area contributed by atoms with Crippen molar-refractivity contribution in [3.8, 4) is 5.75 Å². The number of nitrogen functional groups attached to an aromatic ring is 1. The first-order valence-electron chi connectivity index (χ1n) is 6.68. The van der Waals surface area contributed by atoms with Crippen molar-refractivity contribution in [1.82, 2.24) is 4.90 Å². The molecular formula is C15H22N2O2. The van der Waals surface area contributed by atoms with Crippen molar-refractivity contribution in [1.29, 1.82) is 0 Å².